The van der Waals surface area contributed by atoms with E-state index in [1.54, 1.807) is 17.1 Å². The van der Waals surface area contributed by atoms with Crippen molar-refractivity contribution in [1.82, 2.24) is 19.2 Å². The van der Waals surface area contributed by atoms with Gasteiger partial charge in [0.2, 0.25) is 0 Å². The number of fused-ring (bicyclic) bond motifs is 1. The van der Waals surface area contributed by atoms with Crippen LogP contribution in [0.15, 0.2) is 36.9 Å². The van der Waals surface area contributed by atoms with Crippen LogP contribution >= 0.6 is 0 Å². The lowest BCUT2D eigenvalue weighted by Gasteiger charge is -2.17. The Morgan fingerprint density at radius 1 is 1.27 bits per heavy atom. The van der Waals surface area contributed by atoms with Crippen LogP contribution in [0.1, 0.15) is 36.8 Å². The van der Waals surface area contributed by atoms with Crippen molar-refractivity contribution in [2.45, 2.75) is 26.2 Å². The van der Waals surface area contributed by atoms with E-state index >= 15 is 0 Å². The van der Waals surface area contributed by atoms with E-state index in [9.17, 15) is 4.79 Å². The van der Waals surface area contributed by atoms with Gasteiger partial charge in [-0.1, -0.05) is 20.8 Å². The summed E-state index contributed by atoms with van der Waals surface area (Å²) in [6, 6.07) is 3.69. The molecule has 0 saturated carbocycles. The molecule has 0 aliphatic carbocycles. The molecule has 0 aromatic carbocycles. The van der Waals surface area contributed by atoms with Crippen molar-refractivity contribution in [2.75, 3.05) is 5.32 Å². The first kappa shape index (κ1) is 14.3. The fraction of sp³-hybridized carbons (Fsp3) is 0.312. The van der Waals surface area contributed by atoms with Gasteiger partial charge in [0.15, 0.2) is 0 Å². The first-order valence-electron chi connectivity index (χ1n) is 7.13. The lowest BCUT2D eigenvalue weighted by molar-refractivity contribution is 0.102. The number of carbonyl (C=O) groups excluding carboxylic acids is 1. The van der Waals surface area contributed by atoms with Crippen LogP contribution in [0, 0.1) is 0 Å². The van der Waals surface area contributed by atoms with Gasteiger partial charge in [-0.15, -0.1) is 0 Å². The number of nitrogens with one attached hydrogen (secondary N) is 1. The molecule has 0 spiro atoms. The van der Waals surface area contributed by atoms with Crippen LogP contribution in [-0.4, -0.2) is 25.1 Å². The third kappa shape index (κ3) is 2.59. The number of anilines is 1. The third-order valence-electron chi connectivity index (χ3n) is 3.44. The quantitative estimate of drug-likeness (QED) is 0.791. The first-order valence-corrected chi connectivity index (χ1v) is 7.13. The van der Waals surface area contributed by atoms with Gasteiger partial charge in [-0.3, -0.25) is 9.48 Å². The molecule has 3 aromatic heterocycles. The van der Waals surface area contributed by atoms with E-state index in [1.807, 2.05) is 56.7 Å². The highest BCUT2D eigenvalue weighted by Gasteiger charge is 2.25. The molecule has 0 atom stereocenters. The summed E-state index contributed by atoms with van der Waals surface area (Å²) in [4.78, 5) is 16.8. The molecule has 22 heavy (non-hydrogen) atoms. The van der Waals surface area contributed by atoms with Crippen LogP contribution in [-0.2, 0) is 12.5 Å². The molecule has 1 amide bonds. The van der Waals surface area contributed by atoms with Gasteiger partial charge in [-0.05, 0) is 6.07 Å². The van der Waals surface area contributed by atoms with Gasteiger partial charge in [-0.2, -0.15) is 5.10 Å². The minimum Gasteiger partial charge on any atom is -0.322 e. The number of pyridine rings is 1. The van der Waals surface area contributed by atoms with Crippen LogP contribution in [0.3, 0.4) is 0 Å². The standard InChI is InChI=1S/C16H19N5O/c1-16(2,3)14-12(10-20(4)19-14)15(22)18-11-5-7-21-8-6-17-13(21)9-11/h5-10H,1-4H3,(H,18,22). The maximum Gasteiger partial charge on any atom is 0.259 e. The molecule has 1 N–H and O–H groups in total. The van der Waals surface area contributed by atoms with Crippen LogP contribution in [0.25, 0.3) is 5.65 Å². The molecular weight excluding hydrogens is 278 g/mol. The number of aromatic nitrogens is 4. The highest BCUT2D eigenvalue weighted by atomic mass is 16.1. The van der Waals surface area contributed by atoms with Crippen LogP contribution in [0.5, 0.6) is 0 Å². The molecule has 0 radical (unpaired) electrons. The van der Waals surface area contributed by atoms with Gasteiger partial charge >= 0.3 is 0 Å². The highest BCUT2D eigenvalue weighted by molar-refractivity contribution is 6.05. The number of aryl methyl sites for hydroxylation is 1. The van der Waals surface area contributed by atoms with E-state index in [-0.39, 0.29) is 11.3 Å². The molecule has 3 aromatic rings. The fourth-order valence-corrected chi connectivity index (χ4v) is 2.40. The predicted molar refractivity (Wildman–Crippen MR) is 85.1 cm³/mol. The van der Waals surface area contributed by atoms with Crippen molar-refractivity contribution < 1.29 is 4.79 Å². The van der Waals surface area contributed by atoms with E-state index < -0.39 is 0 Å². The number of hydrogen-bond acceptors (Lipinski definition) is 3. The monoisotopic (exact) mass is 297 g/mol. The minimum absolute atomic E-state index is 0.158. The largest absolute Gasteiger partial charge is 0.322 e. The molecule has 3 heterocycles. The minimum atomic E-state index is -0.193. The van der Waals surface area contributed by atoms with E-state index in [1.165, 1.54) is 0 Å². The molecule has 0 aliphatic heterocycles. The van der Waals surface area contributed by atoms with Crippen molar-refractivity contribution in [3.8, 4) is 0 Å². The molecule has 0 bridgehead atoms. The van der Waals surface area contributed by atoms with Gasteiger partial charge in [0, 0.05) is 49.0 Å². The third-order valence-corrected chi connectivity index (χ3v) is 3.44. The molecule has 0 unspecified atom stereocenters. The Morgan fingerprint density at radius 2 is 2.05 bits per heavy atom. The van der Waals surface area contributed by atoms with Crippen LogP contribution in [0.2, 0.25) is 0 Å². The summed E-state index contributed by atoms with van der Waals surface area (Å²) in [7, 11) is 1.82. The second kappa shape index (κ2) is 4.98. The number of imidazole rings is 1. The maximum atomic E-state index is 12.6. The Hall–Kier alpha value is -2.63. The molecule has 114 valence electrons. The Kier molecular flexibility index (Phi) is 3.24. The van der Waals surface area contributed by atoms with Crippen molar-refractivity contribution in [3.63, 3.8) is 0 Å². The zero-order chi connectivity index (χ0) is 15.9. The first-order chi connectivity index (χ1) is 10.3. The van der Waals surface area contributed by atoms with Crippen molar-refractivity contribution >= 4 is 17.2 Å². The zero-order valence-electron chi connectivity index (χ0n) is 13.2. The normalized spacial score (nSPS) is 11.8. The lowest BCUT2D eigenvalue weighted by Crippen LogP contribution is -2.20. The van der Waals surface area contributed by atoms with Crippen molar-refractivity contribution in [3.05, 3.63) is 48.2 Å². The van der Waals surface area contributed by atoms with Crippen molar-refractivity contribution in [2.24, 2.45) is 7.05 Å². The average molecular weight is 297 g/mol. The van der Waals surface area contributed by atoms with E-state index in [2.05, 4.69) is 15.4 Å². The number of amides is 1. The SMILES string of the molecule is Cn1cc(C(=O)Nc2ccn3ccnc3c2)c(C(C)(C)C)n1. The topological polar surface area (TPSA) is 64.2 Å². The molecular formula is C16H19N5O. The molecule has 0 saturated heterocycles. The van der Waals surface area contributed by atoms with E-state index in [4.69, 9.17) is 0 Å². The molecule has 0 aliphatic rings. The summed E-state index contributed by atoms with van der Waals surface area (Å²) in [5.41, 5.74) is 2.70. The summed E-state index contributed by atoms with van der Waals surface area (Å²) in [5.74, 6) is -0.158. The van der Waals surface area contributed by atoms with Crippen molar-refractivity contribution in [1.29, 1.82) is 0 Å². The van der Waals surface area contributed by atoms with Crippen LogP contribution in [0.4, 0.5) is 5.69 Å². The fourth-order valence-electron chi connectivity index (χ4n) is 2.40. The van der Waals surface area contributed by atoms with E-state index in [0.717, 1.165) is 11.3 Å². The number of rotatable bonds is 2. The van der Waals surface area contributed by atoms with E-state index in [0.29, 0.717) is 11.3 Å². The van der Waals surface area contributed by atoms with Gasteiger partial charge in [0.25, 0.3) is 5.91 Å². The van der Waals surface area contributed by atoms with Gasteiger partial charge in [0.1, 0.15) is 5.65 Å². The van der Waals surface area contributed by atoms with Crippen LogP contribution < -0.4 is 5.32 Å². The Bertz CT molecular complexity index is 838. The second-order valence-corrected chi connectivity index (χ2v) is 6.38. The molecule has 6 heteroatoms. The second-order valence-electron chi connectivity index (χ2n) is 6.38. The number of carbonyl (C=O) groups is 1. The summed E-state index contributed by atoms with van der Waals surface area (Å²) >= 11 is 0. The molecule has 6 nitrogen and oxygen atoms in total. The number of nitrogens with zero attached hydrogens (tertiary/aromatic N) is 4. The Labute approximate surface area is 128 Å². The summed E-state index contributed by atoms with van der Waals surface area (Å²) in [6.07, 6.45) is 7.20. The van der Waals surface area contributed by atoms with Gasteiger partial charge < -0.3 is 9.72 Å². The average Bonchev–Trinajstić information content (AvgIpc) is 3.03. The van der Waals surface area contributed by atoms with Gasteiger partial charge in [-0.25, -0.2) is 4.98 Å². The smallest absolute Gasteiger partial charge is 0.259 e. The Balaban J connectivity index is 1.91. The molecule has 0 fully saturated rings. The Morgan fingerprint density at radius 3 is 2.77 bits per heavy atom. The summed E-state index contributed by atoms with van der Waals surface area (Å²) in [6.45, 7) is 6.13. The lowest BCUT2D eigenvalue weighted by atomic mass is 9.89. The highest BCUT2D eigenvalue weighted by Crippen LogP contribution is 2.25. The summed E-state index contributed by atoms with van der Waals surface area (Å²) in [5, 5.41) is 7.35. The predicted octanol–water partition coefficient (Wildman–Crippen LogP) is 2.62. The summed E-state index contributed by atoms with van der Waals surface area (Å²) < 4.78 is 3.56. The number of hydrogen-bond donors (Lipinski definition) is 1. The zero-order valence-corrected chi connectivity index (χ0v) is 13.2. The maximum absolute atomic E-state index is 12.6. The molecule has 3 rings (SSSR count). The van der Waals surface area contributed by atoms with Gasteiger partial charge in [0.05, 0.1) is 11.3 Å².